The minimum Gasteiger partial charge on any atom is -0.322 e. The van der Waals surface area contributed by atoms with Crippen molar-refractivity contribution in [2.24, 2.45) is 5.92 Å². The monoisotopic (exact) mass is 266 g/mol. The molecule has 0 bridgehead atoms. The summed E-state index contributed by atoms with van der Waals surface area (Å²) in [5, 5.41) is 3.06. The van der Waals surface area contributed by atoms with Crippen LogP contribution in [0.5, 0.6) is 0 Å². The lowest BCUT2D eigenvalue weighted by Gasteiger charge is -2.33. The van der Waals surface area contributed by atoms with Crippen molar-refractivity contribution in [2.45, 2.75) is 25.4 Å². The Hall–Kier alpha value is -1.49. The fourth-order valence-electron chi connectivity index (χ4n) is 2.68. The predicted molar refractivity (Wildman–Crippen MR) is 66.2 cm³/mol. The number of hydrogen-bond acceptors (Lipinski definition) is 2. The maximum absolute atomic E-state index is 13.3. The normalized spacial score (nSPS) is 23.8. The molecule has 3 rings (SSSR count). The van der Waals surface area contributed by atoms with Gasteiger partial charge in [-0.2, -0.15) is 0 Å². The number of nitrogens with zero attached hydrogens (tertiary/aromatic N) is 1. The minimum absolute atomic E-state index is 0.0293. The summed E-state index contributed by atoms with van der Waals surface area (Å²) in [6.45, 7) is 0.964. The van der Waals surface area contributed by atoms with Crippen molar-refractivity contribution in [3.05, 3.63) is 35.4 Å². The molecule has 1 saturated heterocycles. The van der Waals surface area contributed by atoms with Crippen molar-refractivity contribution in [3.63, 3.8) is 0 Å². The minimum atomic E-state index is -0.873. The molecule has 1 unspecified atom stereocenters. The van der Waals surface area contributed by atoms with Gasteiger partial charge in [0, 0.05) is 6.54 Å². The van der Waals surface area contributed by atoms with E-state index in [-0.39, 0.29) is 18.6 Å². The van der Waals surface area contributed by atoms with Crippen molar-refractivity contribution in [1.82, 2.24) is 10.2 Å². The molecule has 19 heavy (non-hydrogen) atoms. The molecule has 1 aromatic rings. The predicted octanol–water partition coefficient (Wildman–Crippen LogP) is 2.20. The fourth-order valence-corrected chi connectivity index (χ4v) is 2.68. The van der Waals surface area contributed by atoms with Crippen LogP contribution in [0.1, 0.15) is 31.0 Å². The van der Waals surface area contributed by atoms with Gasteiger partial charge in [0.1, 0.15) is 6.17 Å². The summed E-state index contributed by atoms with van der Waals surface area (Å²) in [6.07, 6.45) is 3.18. The van der Waals surface area contributed by atoms with E-state index in [1.54, 1.807) is 4.90 Å². The molecule has 1 aromatic carbocycles. The topological polar surface area (TPSA) is 32.3 Å². The molecule has 5 heteroatoms. The Morgan fingerprint density at radius 2 is 2.05 bits per heavy atom. The number of nitrogens with one attached hydrogen (secondary N) is 1. The summed E-state index contributed by atoms with van der Waals surface area (Å²) in [6, 6.07) is 3.80. The molecule has 102 valence electrons. The van der Waals surface area contributed by atoms with Crippen molar-refractivity contribution >= 4 is 5.91 Å². The van der Waals surface area contributed by atoms with Crippen LogP contribution in [0.4, 0.5) is 8.78 Å². The zero-order chi connectivity index (χ0) is 13.4. The fraction of sp³-hybridized carbons (Fsp3) is 0.500. The van der Waals surface area contributed by atoms with E-state index in [0.29, 0.717) is 18.0 Å². The van der Waals surface area contributed by atoms with Gasteiger partial charge < -0.3 is 4.90 Å². The largest absolute Gasteiger partial charge is 0.322 e. The molecular weight excluding hydrogens is 250 g/mol. The number of carbonyl (C=O) groups is 1. The second-order valence-corrected chi connectivity index (χ2v) is 5.30. The van der Waals surface area contributed by atoms with Crippen LogP contribution in [-0.4, -0.2) is 23.9 Å². The average Bonchev–Trinajstić information content (AvgIpc) is 2.69. The van der Waals surface area contributed by atoms with Crippen LogP contribution in [0, 0.1) is 17.6 Å². The van der Waals surface area contributed by atoms with Gasteiger partial charge in [0.15, 0.2) is 11.6 Å². The Labute approximate surface area is 110 Å². The zero-order valence-electron chi connectivity index (χ0n) is 10.5. The molecule has 3 nitrogen and oxygen atoms in total. The SMILES string of the molecule is O=C1CNC(c2ccc(F)c(F)c2)N1CC1CCC1. The maximum atomic E-state index is 13.3. The summed E-state index contributed by atoms with van der Waals surface area (Å²) < 4.78 is 26.2. The lowest BCUT2D eigenvalue weighted by Crippen LogP contribution is -2.36. The van der Waals surface area contributed by atoms with E-state index >= 15 is 0 Å². The molecule has 0 aromatic heterocycles. The van der Waals surface area contributed by atoms with Gasteiger partial charge in [-0.1, -0.05) is 12.5 Å². The standard InChI is InChI=1S/C14H16F2N2O/c15-11-5-4-10(6-12(11)16)14-17-7-13(19)18(14)8-9-2-1-3-9/h4-6,9,14,17H,1-3,7-8H2. The van der Waals surface area contributed by atoms with Crippen LogP contribution >= 0.6 is 0 Å². The van der Waals surface area contributed by atoms with Gasteiger partial charge in [-0.25, -0.2) is 8.78 Å². The number of hydrogen-bond donors (Lipinski definition) is 1. The third kappa shape index (κ3) is 2.34. The van der Waals surface area contributed by atoms with Crippen molar-refractivity contribution in [2.75, 3.05) is 13.1 Å². The van der Waals surface area contributed by atoms with E-state index in [1.807, 2.05) is 0 Å². The Morgan fingerprint density at radius 1 is 1.26 bits per heavy atom. The third-order valence-electron chi connectivity index (χ3n) is 4.02. The molecule has 2 aliphatic rings. The second-order valence-electron chi connectivity index (χ2n) is 5.30. The molecule has 1 heterocycles. The highest BCUT2D eigenvalue weighted by Gasteiger charge is 2.34. The average molecular weight is 266 g/mol. The van der Waals surface area contributed by atoms with Gasteiger partial charge in [-0.3, -0.25) is 10.1 Å². The molecule has 0 spiro atoms. The zero-order valence-corrected chi connectivity index (χ0v) is 10.5. The molecule has 1 aliphatic carbocycles. The molecule has 2 fully saturated rings. The van der Waals surface area contributed by atoms with Crippen molar-refractivity contribution in [1.29, 1.82) is 0 Å². The van der Waals surface area contributed by atoms with Gasteiger partial charge in [-0.15, -0.1) is 0 Å². The van der Waals surface area contributed by atoms with E-state index in [2.05, 4.69) is 5.32 Å². The Kier molecular flexibility index (Phi) is 3.22. The number of amides is 1. The van der Waals surface area contributed by atoms with E-state index in [0.717, 1.165) is 18.9 Å². The van der Waals surface area contributed by atoms with Crippen LogP contribution in [0.3, 0.4) is 0 Å². The summed E-state index contributed by atoms with van der Waals surface area (Å²) in [4.78, 5) is 13.6. The number of rotatable bonds is 3. The first-order valence-corrected chi connectivity index (χ1v) is 6.63. The summed E-state index contributed by atoms with van der Waals surface area (Å²) >= 11 is 0. The van der Waals surface area contributed by atoms with Crippen LogP contribution in [0.25, 0.3) is 0 Å². The quantitative estimate of drug-likeness (QED) is 0.909. The van der Waals surface area contributed by atoms with E-state index < -0.39 is 11.6 Å². The maximum Gasteiger partial charge on any atom is 0.238 e. The van der Waals surface area contributed by atoms with Gasteiger partial charge in [0.05, 0.1) is 6.54 Å². The molecular formula is C14H16F2N2O. The van der Waals surface area contributed by atoms with Crippen LogP contribution in [-0.2, 0) is 4.79 Å². The highest BCUT2D eigenvalue weighted by molar-refractivity contribution is 5.81. The molecule has 1 N–H and O–H groups in total. The van der Waals surface area contributed by atoms with Gasteiger partial charge in [-0.05, 0) is 36.5 Å². The van der Waals surface area contributed by atoms with Crippen LogP contribution in [0.15, 0.2) is 18.2 Å². The van der Waals surface area contributed by atoms with Crippen LogP contribution < -0.4 is 5.32 Å². The van der Waals surface area contributed by atoms with Gasteiger partial charge in [0.2, 0.25) is 5.91 Å². The first-order chi connectivity index (χ1) is 9.15. The second kappa shape index (κ2) is 4.89. The smallest absolute Gasteiger partial charge is 0.238 e. The summed E-state index contributed by atoms with van der Waals surface area (Å²) in [7, 11) is 0. The third-order valence-corrected chi connectivity index (χ3v) is 4.02. The molecule has 1 atom stereocenters. The lowest BCUT2D eigenvalue weighted by molar-refractivity contribution is -0.129. The Morgan fingerprint density at radius 3 is 2.68 bits per heavy atom. The molecule has 1 aliphatic heterocycles. The summed E-state index contributed by atoms with van der Waals surface area (Å²) in [5.41, 5.74) is 0.601. The van der Waals surface area contributed by atoms with E-state index in [9.17, 15) is 13.6 Å². The number of carbonyl (C=O) groups excluding carboxylic acids is 1. The highest BCUT2D eigenvalue weighted by atomic mass is 19.2. The number of halogens is 2. The summed E-state index contributed by atoms with van der Waals surface area (Å²) in [5.74, 6) is -1.15. The van der Waals surface area contributed by atoms with E-state index in [1.165, 1.54) is 18.6 Å². The van der Waals surface area contributed by atoms with Crippen molar-refractivity contribution < 1.29 is 13.6 Å². The lowest BCUT2D eigenvalue weighted by atomic mass is 9.85. The molecule has 1 saturated carbocycles. The molecule has 1 amide bonds. The first-order valence-electron chi connectivity index (χ1n) is 6.63. The first kappa shape index (κ1) is 12.5. The van der Waals surface area contributed by atoms with Gasteiger partial charge in [0.25, 0.3) is 0 Å². The highest BCUT2D eigenvalue weighted by Crippen LogP contribution is 2.31. The van der Waals surface area contributed by atoms with Crippen molar-refractivity contribution in [3.8, 4) is 0 Å². The molecule has 0 radical (unpaired) electrons. The van der Waals surface area contributed by atoms with Crippen LogP contribution in [0.2, 0.25) is 0 Å². The van der Waals surface area contributed by atoms with Gasteiger partial charge >= 0.3 is 0 Å². The Balaban J connectivity index is 1.80. The van der Waals surface area contributed by atoms with E-state index in [4.69, 9.17) is 0 Å². The number of benzene rings is 1. The Bertz CT molecular complexity index is 502.